The third-order valence-electron chi connectivity index (χ3n) is 7.48. The summed E-state index contributed by atoms with van der Waals surface area (Å²) in [6, 6.07) is 11.6. The summed E-state index contributed by atoms with van der Waals surface area (Å²) in [7, 11) is 0. The molecule has 0 atom stereocenters. The minimum absolute atomic E-state index is 0.0897. The molecule has 0 N–H and O–H groups in total. The molecule has 202 valence electrons. The molecular formula is C32H40N2O4. The predicted octanol–water partition coefficient (Wildman–Crippen LogP) is 5.72. The van der Waals surface area contributed by atoms with Crippen LogP contribution in [0.5, 0.6) is 17.2 Å². The smallest absolute Gasteiger partial charge is 0.189 e. The van der Waals surface area contributed by atoms with E-state index in [9.17, 15) is 4.79 Å². The van der Waals surface area contributed by atoms with Crippen molar-refractivity contribution >= 4 is 17.9 Å². The van der Waals surface area contributed by atoms with Gasteiger partial charge >= 0.3 is 0 Å². The zero-order valence-corrected chi connectivity index (χ0v) is 22.8. The minimum atomic E-state index is -0.394. The maximum Gasteiger partial charge on any atom is 0.189 e. The molecule has 0 saturated carbocycles. The van der Waals surface area contributed by atoms with Gasteiger partial charge in [-0.25, -0.2) is 0 Å². The number of carbonyl (C=O) groups is 1. The molecular weight excluding hydrogens is 476 g/mol. The average molecular weight is 517 g/mol. The number of ketones is 1. The van der Waals surface area contributed by atoms with E-state index in [4.69, 9.17) is 14.2 Å². The molecule has 3 heterocycles. The Balaban J connectivity index is 1.25. The molecule has 2 aromatic rings. The van der Waals surface area contributed by atoms with Gasteiger partial charge in [0.05, 0.1) is 11.1 Å². The number of fused-ring (bicyclic) bond motifs is 1. The van der Waals surface area contributed by atoms with Gasteiger partial charge in [-0.2, -0.15) is 0 Å². The molecule has 0 bridgehead atoms. The van der Waals surface area contributed by atoms with Crippen molar-refractivity contribution in [1.82, 2.24) is 9.80 Å². The monoisotopic (exact) mass is 516 g/mol. The Hall–Kier alpha value is -3.09. The molecule has 0 radical (unpaired) electrons. The first-order chi connectivity index (χ1) is 18.5. The summed E-state index contributed by atoms with van der Waals surface area (Å²) in [6.45, 7) is 11.7. The van der Waals surface area contributed by atoms with Gasteiger partial charge in [0, 0.05) is 13.1 Å². The van der Waals surface area contributed by atoms with Crippen LogP contribution in [-0.2, 0) is 0 Å². The number of hydrogen-bond donors (Lipinski definition) is 0. The van der Waals surface area contributed by atoms with Gasteiger partial charge in [0.25, 0.3) is 0 Å². The van der Waals surface area contributed by atoms with Crippen molar-refractivity contribution in [3.05, 3.63) is 65.2 Å². The summed E-state index contributed by atoms with van der Waals surface area (Å²) in [5, 5.41) is 0. The Kier molecular flexibility index (Phi) is 8.50. The first kappa shape index (κ1) is 26.5. The molecule has 3 aliphatic rings. The van der Waals surface area contributed by atoms with Crippen molar-refractivity contribution in [2.45, 2.75) is 45.1 Å². The van der Waals surface area contributed by atoms with Crippen molar-refractivity contribution in [1.29, 1.82) is 0 Å². The van der Waals surface area contributed by atoms with Crippen molar-refractivity contribution in [2.24, 2.45) is 0 Å². The van der Waals surface area contributed by atoms with Crippen molar-refractivity contribution < 1.29 is 19.0 Å². The third-order valence-corrected chi connectivity index (χ3v) is 7.48. The van der Waals surface area contributed by atoms with E-state index in [1.54, 1.807) is 6.08 Å². The maximum atomic E-state index is 13.3. The van der Waals surface area contributed by atoms with E-state index in [-0.39, 0.29) is 5.78 Å². The second-order valence-corrected chi connectivity index (χ2v) is 11.0. The van der Waals surface area contributed by atoms with Crippen LogP contribution in [0.3, 0.4) is 0 Å². The third kappa shape index (κ3) is 6.86. The summed E-state index contributed by atoms with van der Waals surface area (Å²) < 4.78 is 18.3. The fraction of sp³-hybridized carbons (Fsp3) is 0.469. The van der Waals surface area contributed by atoms with Gasteiger partial charge in [-0.05, 0) is 114 Å². The summed E-state index contributed by atoms with van der Waals surface area (Å²) >= 11 is 0. The number of hydrogen-bond acceptors (Lipinski definition) is 6. The second kappa shape index (κ2) is 12.2. The van der Waals surface area contributed by atoms with E-state index >= 15 is 0 Å². The normalized spacial score (nSPS) is 19.0. The average Bonchev–Trinajstić information content (AvgIpc) is 3.62. The zero-order valence-electron chi connectivity index (χ0n) is 22.8. The van der Waals surface area contributed by atoms with E-state index in [1.165, 1.54) is 38.8 Å². The molecule has 0 spiro atoms. The lowest BCUT2D eigenvalue weighted by molar-refractivity contribution is 0.104. The number of rotatable bonds is 11. The van der Waals surface area contributed by atoms with Gasteiger partial charge < -0.3 is 14.2 Å². The van der Waals surface area contributed by atoms with Crippen LogP contribution in [0.4, 0.5) is 0 Å². The van der Waals surface area contributed by atoms with Crippen molar-refractivity contribution in [2.75, 3.05) is 52.5 Å². The zero-order chi connectivity index (χ0) is 26.4. The van der Waals surface area contributed by atoms with Crippen molar-refractivity contribution in [3.63, 3.8) is 0 Å². The molecule has 3 aliphatic heterocycles. The SMILES string of the molecule is CC1(C)C=Cc2c(ccc(C(=O)/C=C/c3ccc(OCCN4CCCC4)cc3)c2OCCN2CCCC2)O1. The Morgan fingerprint density at radius 1 is 0.895 bits per heavy atom. The molecule has 5 rings (SSSR count). The van der Waals surface area contributed by atoms with E-state index in [0.29, 0.717) is 24.5 Å². The molecule has 6 nitrogen and oxygen atoms in total. The number of likely N-dealkylation sites (tertiary alicyclic amines) is 2. The summed E-state index contributed by atoms with van der Waals surface area (Å²) in [5.74, 6) is 2.11. The molecule has 0 aromatic heterocycles. The number of carbonyl (C=O) groups excluding carboxylic acids is 1. The summed E-state index contributed by atoms with van der Waals surface area (Å²) in [6.07, 6.45) is 12.6. The van der Waals surface area contributed by atoms with Crippen LogP contribution in [0.15, 0.2) is 48.6 Å². The molecule has 2 aromatic carbocycles. The minimum Gasteiger partial charge on any atom is -0.492 e. The lowest BCUT2D eigenvalue weighted by Crippen LogP contribution is -2.28. The van der Waals surface area contributed by atoms with E-state index in [1.807, 2.05) is 68.5 Å². The van der Waals surface area contributed by atoms with Crippen LogP contribution >= 0.6 is 0 Å². The Morgan fingerprint density at radius 2 is 1.53 bits per heavy atom. The Morgan fingerprint density at radius 3 is 2.18 bits per heavy atom. The molecule has 2 fully saturated rings. The van der Waals surface area contributed by atoms with Gasteiger partial charge in [-0.1, -0.05) is 18.2 Å². The first-order valence-corrected chi connectivity index (χ1v) is 14.0. The van der Waals surface area contributed by atoms with Crippen LogP contribution in [0.1, 0.15) is 61.0 Å². The number of nitrogens with zero attached hydrogens (tertiary/aromatic N) is 2. The standard InChI is InChI=1S/C32H40N2O4/c1-32(2)16-15-28-30(38-32)14-12-27(31(28)37-24-22-34-19-5-6-20-34)29(35)13-9-25-7-10-26(11-8-25)36-23-21-33-17-3-4-18-33/h7-16H,3-6,17-24H2,1-2H3/b13-9+. The van der Waals surface area contributed by atoms with Crippen LogP contribution in [0.25, 0.3) is 12.2 Å². The topological polar surface area (TPSA) is 51.2 Å². The van der Waals surface area contributed by atoms with Crippen LogP contribution < -0.4 is 14.2 Å². The van der Waals surface area contributed by atoms with E-state index in [2.05, 4.69) is 9.80 Å². The van der Waals surface area contributed by atoms with Crippen LogP contribution in [-0.4, -0.2) is 73.7 Å². The highest BCUT2D eigenvalue weighted by atomic mass is 16.5. The number of allylic oxidation sites excluding steroid dienone is 1. The highest BCUT2D eigenvalue weighted by Crippen LogP contribution is 2.39. The largest absolute Gasteiger partial charge is 0.492 e. The van der Waals surface area contributed by atoms with Gasteiger partial charge in [-0.3, -0.25) is 14.6 Å². The van der Waals surface area contributed by atoms with Crippen LogP contribution in [0, 0.1) is 0 Å². The molecule has 0 aliphatic carbocycles. The first-order valence-electron chi connectivity index (χ1n) is 14.0. The predicted molar refractivity (Wildman–Crippen MR) is 152 cm³/mol. The lowest BCUT2D eigenvalue weighted by atomic mass is 9.97. The van der Waals surface area contributed by atoms with E-state index < -0.39 is 5.60 Å². The quantitative estimate of drug-likeness (QED) is 0.281. The highest BCUT2D eigenvalue weighted by Gasteiger charge is 2.26. The number of benzene rings is 2. The fourth-order valence-electron chi connectivity index (χ4n) is 5.30. The molecule has 2 saturated heterocycles. The highest BCUT2D eigenvalue weighted by molar-refractivity contribution is 6.09. The van der Waals surface area contributed by atoms with Gasteiger partial charge in [0.15, 0.2) is 5.78 Å². The molecule has 38 heavy (non-hydrogen) atoms. The van der Waals surface area contributed by atoms with E-state index in [0.717, 1.165) is 48.8 Å². The van der Waals surface area contributed by atoms with Gasteiger partial charge in [0.1, 0.15) is 36.1 Å². The van der Waals surface area contributed by atoms with Gasteiger partial charge in [0.2, 0.25) is 0 Å². The number of ether oxygens (including phenoxy) is 3. The Labute approximate surface area is 226 Å². The molecule has 0 amide bonds. The van der Waals surface area contributed by atoms with Gasteiger partial charge in [-0.15, -0.1) is 0 Å². The fourth-order valence-corrected chi connectivity index (χ4v) is 5.30. The maximum absolute atomic E-state index is 13.3. The lowest BCUT2D eigenvalue weighted by Gasteiger charge is -2.29. The second-order valence-electron chi connectivity index (χ2n) is 11.0. The molecule has 0 unspecified atom stereocenters. The molecule has 6 heteroatoms. The van der Waals surface area contributed by atoms with Crippen LogP contribution in [0.2, 0.25) is 0 Å². The summed E-state index contributed by atoms with van der Waals surface area (Å²) in [4.78, 5) is 18.2. The Bertz CT molecular complexity index is 1160. The summed E-state index contributed by atoms with van der Waals surface area (Å²) in [5.41, 5.74) is 1.94. The van der Waals surface area contributed by atoms with Crippen molar-refractivity contribution in [3.8, 4) is 17.2 Å².